The van der Waals surface area contributed by atoms with Crippen LogP contribution in [0.4, 0.5) is 0 Å². The van der Waals surface area contributed by atoms with E-state index in [1.807, 2.05) is 32.1 Å². The van der Waals surface area contributed by atoms with Crippen molar-refractivity contribution < 1.29 is 8.63 Å². The van der Waals surface area contributed by atoms with Crippen molar-refractivity contribution in [3.05, 3.63) is 59.4 Å². The molecule has 1 unspecified atom stereocenters. The summed E-state index contributed by atoms with van der Waals surface area (Å²) in [7, 11) is -1.52. The predicted octanol–water partition coefficient (Wildman–Crippen LogP) is 3.73. The van der Waals surface area contributed by atoms with Gasteiger partial charge in [-0.05, 0) is 44.2 Å². The first-order valence-electron chi connectivity index (χ1n) is 7.79. The second-order valence-corrected chi connectivity index (χ2v) is 7.00. The first kappa shape index (κ1) is 18.2. The number of aromatic nitrogens is 5. The van der Waals surface area contributed by atoms with Crippen LogP contribution in [0.1, 0.15) is 19.5 Å². The van der Waals surface area contributed by atoms with E-state index < -0.39 is 10.8 Å². The summed E-state index contributed by atoms with van der Waals surface area (Å²) in [6.07, 6.45) is 7.45. The average molecular weight is 390 g/mol. The molecular formula is C17H16ClN5O2S. The Hall–Kier alpha value is -2.58. The number of hydrogen-bond acceptors (Lipinski definition) is 6. The minimum absolute atomic E-state index is 0.0456. The summed E-state index contributed by atoms with van der Waals surface area (Å²) in [6.45, 7) is 3.83. The van der Waals surface area contributed by atoms with Crippen molar-refractivity contribution in [2.45, 2.75) is 24.8 Å². The maximum atomic E-state index is 12.5. The zero-order valence-corrected chi connectivity index (χ0v) is 15.7. The molecule has 0 radical (unpaired) electrons. The molecule has 0 N–H and O–H groups in total. The van der Waals surface area contributed by atoms with Gasteiger partial charge in [-0.1, -0.05) is 34.1 Å². The molecule has 0 aliphatic rings. The largest absolute Gasteiger partial charge is 0.409 e. The van der Waals surface area contributed by atoms with Crippen LogP contribution in [0.5, 0.6) is 0 Å². The quantitative estimate of drug-likeness (QED) is 0.597. The molecule has 134 valence electrons. The van der Waals surface area contributed by atoms with Crippen LogP contribution in [-0.2, 0) is 16.6 Å². The van der Waals surface area contributed by atoms with Crippen LogP contribution >= 0.6 is 11.6 Å². The summed E-state index contributed by atoms with van der Waals surface area (Å²) in [4.78, 5) is 0. The normalized spacial score (nSPS) is 13.4. The third kappa shape index (κ3) is 4.14. The molecule has 1 atom stereocenters. The smallest absolute Gasteiger partial charge is 0.308 e. The minimum atomic E-state index is -1.52. The Bertz CT molecular complexity index is 975. The van der Waals surface area contributed by atoms with Crippen LogP contribution < -0.4 is 0 Å². The van der Waals surface area contributed by atoms with Crippen LogP contribution in [0, 0.1) is 0 Å². The van der Waals surface area contributed by atoms with Gasteiger partial charge < -0.3 is 4.42 Å². The molecule has 0 fully saturated rings. The van der Waals surface area contributed by atoms with E-state index in [9.17, 15) is 4.21 Å². The average Bonchev–Trinajstić information content (AvgIpc) is 3.30. The lowest BCUT2D eigenvalue weighted by Crippen LogP contribution is -1.97. The van der Waals surface area contributed by atoms with Crippen molar-refractivity contribution in [3.8, 4) is 11.5 Å². The predicted molar refractivity (Wildman–Crippen MR) is 99.6 cm³/mol. The molecule has 0 bridgehead atoms. The number of allylic oxidation sites excluding steroid dienone is 4. The molecule has 0 amide bonds. The van der Waals surface area contributed by atoms with E-state index in [0.717, 1.165) is 5.70 Å². The van der Waals surface area contributed by atoms with Crippen molar-refractivity contribution in [2.24, 2.45) is 0 Å². The molecule has 0 spiro atoms. The Morgan fingerprint density at radius 3 is 2.69 bits per heavy atom. The molecule has 2 heterocycles. The fourth-order valence-electron chi connectivity index (χ4n) is 2.17. The highest BCUT2D eigenvalue weighted by molar-refractivity contribution is 7.83. The summed E-state index contributed by atoms with van der Waals surface area (Å²) < 4.78 is 19.6. The van der Waals surface area contributed by atoms with Gasteiger partial charge in [0.05, 0.1) is 23.3 Å². The Morgan fingerprint density at radius 2 is 2.00 bits per heavy atom. The monoisotopic (exact) mass is 389 g/mol. The third-order valence-corrected chi connectivity index (χ3v) is 4.77. The Balaban J connectivity index is 1.73. The van der Waals surface area contributed by atoms with Gasteiger partial charge in [-0.15, -0.1) is 10.2 Å². The molecular weight excluding hydrogens is 374 g/mol. The lowest BCUT2D eigenvalue weighted by molar-refractivity contribution is 0.455. The van der Waals surface area contributed by atoms with Gasteiger partial charge in [-0.25, -0.2) is 8.89 Å². The van der Waals surface area contributed by atoms with Crippen molar-refractivity contribution >= 4 is 28.1 Å². The third-order valence-electron chi connectivity index (χ3n) is 3.41. The van der Waals surface area contributed by atoms with Gasteiger partial charge >= 0.3 is 5.22 Å². The van der Waals surface area contributed by atoms with Gasteiger partial charge in [-0.3, -0.25) is 0 Å². The number of nitrogens with zero attached hydrogens (tertiary/aromatic N) is 5. The van der Waals surface area contributed by atoms with Gasteiger partial charge in [0.15, 0.2) is 0 Å². The van der Waals surface area contributed by atoms with Crippen LogP contribution in [0.25, 0.3) is 17.2 Å². The second-order valence-electron chi connectivity index (χ2n) is 5.24. The van der Waals surface area contributed by atoms with E-state index in [4.69, 9.17) is 16.0 Å². The summed E-state index contributed by atoms with van der Waals surface area (Å²) in [5, 5.41) is 16.6. The van der Waals surface area contributed by atoms with Crippen molar-refractivity contribution in [2.75, 3.05) is 0 Å². The second kappa shape index (κ2) is 8.20. The Labute approximate surface area is 157 Å². The minimum Gasteiger partial charge on any atom is -0.409 e. The lowest BCUT2D eigenvalue weighted by Gasteiger charge is -1.98. The molecule has 0 aliphatic carbocycles. The van der Waals surface area contributed by atoms with E-state index in [2.05, 4.69) is 20.5 Å². The first-order chi connectivity index (χ1) is 12.6. The van der Waals surface area contributed by atoms with Crippen LogP contribution in [0.3, 0.4) is 0 Å². The molecule has 3 rings (SSSR count). The van der Waals surface area contributed by atoms with Gasteiger partial charge in [0, 0.05) is 10.6 Å². The molecule has 9 heteroatoms. The standard InChI is InChI=1S/C17H16ClN5O2S/c1-3-5-15(4-2)23-10-14(19-22-23)11-26(24)17-21-20-16(25-17)12-6-8-13(18)9-7-12/h3-10H,11H2,1-2H3. The molecule has 7 nitrogen and oxygen atoms in total. The van der Waals surface area contributed by atoms with E-state index in [0.29, 0.717) is 16.3 Å². The van der Waals surface area contributed by atoms with Gasteiger partial charge in [0.1, 0.15) is 10.8 Å². The fraction of sp³-hybridized carbons (Fsp3) is 0.176. The summed E-state index contributed by atoms with van der Waals surface area (Å²) in [5.41, 5.74) is 2.15. The van der Waals surface area contributed by atoms with Gasteiger partial charge in [0.25, 0.3) is 0 Å². The zero-order chi connectivity index (χ0) is 18.5. The van der Waals surface area contributed by atoms with E-state index in [1.165, 1.54) is 0 Å². The lowest BCUT2D eigenvalue weighted by atomic mass is 10.2. The molecule has 2 aromatic heterocycles. The first-order valence-corrected chi connectivity index (χ1v) is 9.49. The maximum Gasteiger partial charge on any atom is 0.308 e. The highest BCUT2D eigenvalue weighted by Gasteiger charge is 2.17. The van der Waals surface area contributed by atoms with Crippen molar-refractivity contribution in [1.29, 1.82) is 0 Å². The molecule has 1 aromatic carbocycles. The fourth-order valence-corrected chi connectivity index (χ4v) is 3.13. The van der Waals surface area contributed by atoms with E-state index in [1.54, 1.807) is 35.1 Å². The Morgan fingerprint density at radius 1 is 1.23 bits per heavy atom. The highest BCUT2D eigenvalue weighted by Crippen LogP contribution is 2.22. The Kier molecular flexibility index (Phi) is 5.75. The van der Waals surface area contributed by atoms with Crippen molar-refractivity contribution in [3.63, 3.8) is 0 Å². The van der Waals surface area contributed by atoms with Gasteiger partial charge in [0.2, 0.25) is 5.89 Å². The van der Waals surface area contributed by atoms with Crippen LogP contribution in [0.2, 0.25) is 5.02 Å². The number of benzene rings is 1. The molecule has 0 saturated heterocycles. The summed E-state index contributed by atoms with van der Waals surface area (Å²) >= 11 is 5.86. The van der Waals surface area contributed by atoms with Crippen LogP contribution in [0.15, 0.2) is 58.3 Å². The number of halogens is 1. The zero-order valence-electron chi connectivity index (χ0n) is 14.2. The SMILES string of the molecule is CC=CC(=CC)n1cc(CS(=O)c2nnc(-c3ccc(Cl)cc3)o2)nn1. The molecule has 0 saturated carbocycles. The van der Waals surface area contributed by atoms with E-state index in [-0.39, 0.29) is 16.9 Å². The topological polar surface area (TPSA) is 86.7 Å². The highest BCUT2D eigenvalue weighted by atomic mass is 35.5. The molecule has 26 heavy (non-hydrogen) atoms. The summed E-state index contributed by atoms with van der Waals surface area (Å²) in [6, 6.07) is 6.96. The number of hydrogen-bond donors (Lipinski definition) is 0. The molecule has 3 aromatic rings. The van der Waals surface area contributed by atoms with Crippen molar-refractivity contribution in [1.82, 2.24) is 25.2 Å². The maximum absolute atomic E-state index is 12.5. The van der Waals surface area contributed by atoms with E-state index >= 15 is 0 Å². The summed E-state index contributed by atoms with van der Waals surface area (Å²) in [5.74, 6) is 0.424. The van der Waals surface area contributed by atoms with Gasteiger partial charge in [-0.2, -0.15) is 0 Å². The van der Waals surface area contributed by atoms with Crippen LogP contribution in [-0.4, -0.2) is 29.4 Å². The number of rotatable bonds is 6. The molecule has 0 aliphatic heterocycles.